The van der Waals surface area contributed by atoms with Crippen LogP contribution >= 0.6 is 0 Å². The molecule has 0 aromatic heterocycles. The van der Waals surface area contributed by atoms with Crippen LogP contribution in [0.25, 0.3) is 0 Å². The Morgan fingerprint density at radius 2 is 1.26 bits per heavy atom. The Morgan fingerprint density at radius 1 is 0.696 bits per heavy atom. The van der Waals surface area contributed by atoms with Gasteiger partial charge < -0.3 is 9.47 Å². The van der Waals surface area contributed by atoms with Crippen LogP contribution in [-0.4, -0.2) is 25.2 Å². The summed E-state index contributed by atoms with van der Waals surface area (Å²) in [7, 11) is 0. The maximum atomic E-state index is 11.5. The molecular weight excluding hydrogens is 292 g/mol. The molecule has 0 spiro atoms. The molecule has 0 atom stereocenters. The molecule has 0 aliphatic rings. The van der Waals surface area contributed by atoms with E-state index in [0.29, 0.717) is 26.1 Å². The molecule has 134 valence electrons. The maximum Gasteiger partial charge on any atom is 0.305 e. The smallest absolute Gasteiger partial charge is 0.305 e. The van der Waals surface area contributed by atoms with Gasteiger partial charge in [-0.25, -0.2) is 0 Å². The molecule has 0 aliphatic heterocycles. The highest BCUT2D eigenvalue weighted by Crippen LogP contribution is 2.03. The van der Waals surface area contributed by atoms with Crippen molar-refractivity contribution in [1.82, 2.24) is 0 Å². The standard InChI is InChI=1S/C19H34O4/c1-3-5-7-8-9-10-12-17-23-19(21)15-13-14-18(20)22-16-11-6-4-2/h9-10H,3-8,11-17H2,1-2H3/b10-9-. The SMILES string of the molecule is CCCCC/C=C\CCOC(=O)CCCC(=O)OCCCCC. The highest BCUT2D eigenvalue weighted by Gasteiger charge is 2.06. The number of carbonyl (C=O) groups excluding carboxylic acids is 2. The Bertz CT molecular complexity index is 323. The van der Waals surface area contributed by atoms with E-state index in [-0.39, 0.29) is 18.4 Å². The molecule has 0 aromatic carbocycles. The Balaban J connectivity index is 3.41. The molecule has 23 heavy (non-hydrogen) atoms. The number of unbranched alkanes of at least 4 members (excludes halogenated alkanes) is 5. The maximum absolute atomic E-state index is 11.5. The number of carbonyl (C=O) groups is 2. The van der Waals surface area contributed by atoms with E-state index < -0.39 is 0 Å². The molecular formula is C19H34O4. The first kappa shape index (κ1) is 21.7. The molecule has 0 saturated carbocycles. The van der Waals surface area contributed by atoms with Crippen LogP contribution in [0.2, 0.25) is 0 Å². The molecule has 0 aromatic rings. The number of ether oxygens (including phenoxy) is 2. The molecule has 4 nitrogen and oxygen atoms in total. The van der Waals surface area contributed by atoms with E-state index in [1.165, 1.54) is 19.3 Å². The first-order valence-electron chi connectivity index (χ1n) is 9.16. The van der Waals surface area contributed by atoms with Crippen molar-refractivity contribution in [1.29, 1.82) is 0 Å². The molecule has 0 fully saturated rings. The largest absolute Gasteiger partial charge is 0.466 e. The zero-order chi connectivity index (χ0) is 17.2. The number of rotatable bonds is 15. The molecule has 0 N–H and O–H groups in total. The minimum atomic E-state index is -0.233. The van der Waals surface area contributed by atoms with Gasteiger partial charge in [-0.2, -0.15) is 0 Å². The van der Waals surface area contributed by atoms with Gasteiger partial charge in [0.25, 0.3) is 0 Å². The van der Waals surface area contributed by atoms with Gasteiger partial charge in [0.15, 0.2) is 0 Å². The Hall–Kier alpha value is -1.32. The minimum absolute atomic E-state index is 0.219. The summed E-state index contributed by atoms with van der Waals surface area (Å²) in [6.07, 6.45) is 14.0. The van der Waals surface area contributed by atoms with Crippen molar-refractivity contribution >= 4 is 11.9 Å². The third-order valence-electron chi connectivity index (χ3n) is 3.46. The second kappa shape index (κ2) is 17.0. The second-order valence-corrected chi connectivity index (χ2v) is 5.76. The van der Waals surface area contributed by atoms with Crippen molar-refractivity contribution in [2.45, 2.75) is 84.5 Å². The molecule has 0 amide bonds. The van der Waals surface area contributed by atoms with Crippen molar-refractivity contribution < 1.29 is 19.1 Å². The van der Waals surface area contributed by atoms with Gasteiger partial charge in [0.2, 0.25) is 0 Å². The topological polar surface area (TPSA) is 52.6 Å². The van der Waals surface area contributed by atoms with Crippen LogP contribution in [0, 0.1) is 0 Å². The zero-order valence-corrected chi connectivity index (χ0v) is 15.0. The summed E-state index contributed by atoms with van der Waals surface area (Å²) in [5.74, 6) is -0.452. The summed E-state index contributed by atoms with van der Waals surface area (Å²) >= 11 is 0. The molecule has 0 unspecified atom stereocenters. The zero-order valence-electron chi connectivity index (χ0n) is 15.0. The van der Waals surface area contributed by atoms with E-state index in [4.69, 9.17) is 9.47 Å². The highest BCUT2D eigenvalue weighted by molar-refractivity contribution is 5.72. The first-order valence-corrected chi connectivity index (χ1v) is 9.16. The van der Waals surface area contributed by atoms with E-state index in [0.717, 1.165) is 32.1 Å². The lowest BCUT2D eigenvalue weighted by Crippen LogP contribution is -2.09. The van der Waals surface area contributed by atoms with Gasteiger partial charge in [0, 0.05) is 12.8 Å². The van der Waals surface area contributed by atoms with Crippen molar-refractivity contribution in [2.75, 3.05) is 13.2 Å². The van der Waals surface area contributed by atoms with Gasteiger partial charge in [-0.15, -0.1) is 0 Å². The van der Waals surface area contributed by atoms with Crippen molar-refractivity contribution in [3.05, 3.63) is 12.2 Å². The Kier molecular flexibility index (Phi) is 16.1. The average molecular weight is 326 g/mol. The fourth-order valence-corrected chi connectivity index (χ4v) is 2.05. The van der Waals surface area contributed by atoms with Crippen LogP contribution in [0.15, 0.2) is 12.2 Å². The van der Waals surface area contributed by atoms with E-state index >= 15 is 0 Å². The molecule has 0 aliphatic carbocycles. The summed E-state index contributed by atoms with van der Waals surface area (Å²) in [5.41, 5.74) is 0. The van der Waals surface area contributed by atoms with Gasteiger partial charge in [0.1, 0.15) is 0 Å². The van der Waals surface area contributed by atoms with Crippen molar-refractivity contribution in [3.8, 4) is 0 Å². The molecule has 4 heteroatoms. The molecule has 0 saturated heterocycles. The van der Waals surface area contributed by atoms with Gasteiger partial charge in [-0.05, 0) is 32.1 Å². The van der Waals surface area contributed by atoms with E-state index in [1.807, 2.05) is 0 Å². The predicted octanol–water partition coefficient (Wildman–Crippen LogP) is 4.96. The third kappa shape index (κ3) is 16.9. The fraction of sp³-hybridized carbons (Fsp3) is 0.789. The number of allylic oxidation sites excluding steroid dienone is 1. The lowest BCUT2D eigenvalue weighted by Gasteiger charge is -2.05. The first-order chi connectivity index (χ1) is 11.2. The summed E-state index contributed by atoms with van der Waals surface area (Å²) in [6, 6.07) is 0. The Labute approximate surface area is 141 Å². The number of hydrogen-bond acceptors (Lipinski definition) is 4. The number of esters is 2. The molecule has 0 heterocycles. The molecule has 0 radical (unpaired) electrons. The fourth-order valence-electron chi connectivity index (χ4n) is 2.05. The monoisotopic (exact) mass is 326 g/mol. The summed E-state index contributed by atoms with van der Waals surface area (Å²) < 4.78 is 10.2. The van der Waals surface area contributed by atoms with Gasteiger partial charge >= 0.3 is 11.9 Å². The van der Waals surface area contributed by atoms with Crippen LogP contribution in [0.5, 0.6) is 0 Å². The summed E-state index contributed by atoms with van der Waals surface area (Å²) in [5, 5.41) is 0. The average Bonchev–Trinajstić information content (AvgIpc) is 2.54. The quantitative estimate of drug-likeness (QED) is 0.242. The van der Waals surface area contributed by atoms with Gasteiger partial charge in [-0.3, -0.25) is 9.59 Å². The van der Waals surface area contributed by atoms with Crippen molar-refractivity contribution in [3.63, 3.8) is 0 Å². The van der Waals surface area contributed by atoms with E-state index in [1.54, 1.807) is 0 Å². The third-order valence-corrected chi connectivity index (χ3v) is 3.46. The second-order valence-electron chi connectivity index (χ2n) is 5.76. The van der Waals surface area contributed by atoms with Crippen molar-refractivity contribution in [2.24, 2.45) is 0 Å². The normalized spacial score (nSPS) is 10.9. The van der Waals surface area contributed by atoms with Crippen LogP contribution in [0.4, 0.5) is 0 Å². The van der Waals surface area contributed by atoms with E-state index in [2.05, 4.69) is 26.0 Å². The van der Waals surface area contributed by atoms with Crippen LogP contribution in [-0.2, 0) is 19.1 Å². The van der Waals surface area contributed by atoms with Gasteiger partial charge in [-0.1, -0.05) is 51.7 Å². The van der Waals surface area contributed by atoms with Gasteiger partial charge in [0.05, 0.1) is 13.2 Å². The molecule has 0 rings (SSSR count). The summed E-state index contributed by atoms with van der Waals surface area (Å²) in [6.45, 7) is 5.21. The van der Waals surface area contributed by atoms with Crippen LogP contribution in [0.3, 0.4) is 0 Å². The minimum Gasteiger partial charge on any atom is -0.466 e. The lowest BCUT2D eigenvalue weighted by atomic mass is 10.2. The molecule has 0 bridgehead atoms. The van der Waals surface area contributed by atoms with Crippen LogP contribution in [0.1, 0.15) is 84.5 Å². The lowest BCUT2D eigenvalue weighted by molar-refractivity contribution is -0.145. The summed E-state index contributed by atoms with van der Waals surface area (Å²) in [4.78, 5) is 22.9. The Morgan fingerprint density at radius 3 is 1.91 bits per heavy atom. The van der Waals surface area contributed by atoms with E-state index in [9.17, 15) is 9.59 Å². The van der Waals surface area contributed by atoms with Crippen LogP contribution < -0.4 is 0 Å². The predicted molar refractivity (Wildman–Crippen MR) is 93.2 cm³/mol. The number of hydrogen-bond donors (Lipinski definition) is 0. The highest BCUT2D eigenvalue weighted by atomic mass is 16.5.